The minimum absolute atomic E-state index is 0.152. The third-order valence-electron chi connectivity index (χ3n) is 3.16. The number of aryl methyl sites for hydroxylation is 2. The molecule has 0 bridgehead atoms. The first-order chi connectivity index (χ1) is 8.24. The summed E-state index contributed by atoms with van der Waals surface area (Å²) in [5, 5.41) is 6.79. The van der Waals surface area contributed by atoms with Crippen molar-refractivity contribution in [2.45, 2.75) is 32.9 Å². The Hall–Kier alpha value is -2.05. The first-order valence-electron chi connectivity index (χ1n) is 5.66. The Morgan fingerprint density at radius 2 is 2.00 bits per heavy atom. The van der Waals surface area contributed by atoms with E-state index in [-0.39, 0.29) is 12.5 Å². The minimum atomic E-state index is -0.859. The normalized spacial score (nSPS) is 18.3. The molecule has 0 saturated carbocycles. The fourth-order valence-corrected chi connectivity index (χ4v) is 2.03. The Bertz CT molecular complexity index is 532. The zero-order valence-electron chi connectivity index (χ0n) is 10.9. The Labute approximate surface area is 105 Å². The molecule has 1 aromatic heterocycles. The van der Waals surface area contributed by atoms with E-state index in [1.165, 1.54) is 9.58 Å². The van der Waals surface area contributed by atoms with Crippen molar-refractivity contribution in [3.63, 3.8) is 0 Å². The predicted molar refractivity (Wildman–Crippen MR) is 65.5 cm³/mol. The molecular formula is C11H17N5O2. The van der Waals surface area contributed by atoms with Gasteiger partial charge in [-0.2, -0.15) is 5.10 Å². The second-order valence-electron chi connectivity index (χ2n) is 5.02. The van der Waals surface area contributed by atoms with E-state index in [1.54, 1.807) is 27.8 Å². The van der Waals surface area contributed by atoms with Crippen LogP contribution in [-0.4, -0.2) is 32.2 Å². The first-order valence-corrected chi connectivity index (χ1v) is 5.66. The molecule has 3 amide bonds. The van der Waals surface area contributed by atoms with Crippen LogP contribution in [-0.2, 0) is 18.4 Å². The summed E-state index contributed by atoms with van der Waals surface area (Å²) < 4.78 is 1.54. The first kappa shape index (κ1) is 12.4. The monoisotopic (exact) mass is 251 g/mol. The highest BCUT2D eigenvalue weighted by Gasteiger charge is 2.44. The molecule has 7 nitrogen and oxygen atoms in total. The second kappa shape index (κ2) is 3.72. The van der Waals surface area contributed by atoms with Crippen LogP contribution < -0.4 is 11.1 Å². The largest absolute Gasteiger partial charge is 0.384 e. The van der Waals surface area contributed by atoms with Crippen LogP contribution >= 0.6 is 0 Å². The zero-order valence-corrected chi connectivity index (χ0v) is 10.9. The molecule has 2 rings (SSSR count). The number of nitrogens with two attached hydrogens (primary N) is 1. The average Bonchev–Trinajstić information content (AvgIpc) is 2.59. The quantitative estimate of drug-likeness (QED) is 0.731. The lowest BCUT2D eigenvalue weighted by Crippen LogP contribution is -2.40. The van der Waals surface area contributed by atoms with Crippen LogP contribution in [0.15, 0.2) is 0 Å². The van der Waals surface area contributed by atoms with Gasteiger partial charge in [-0.25, -0.2) is 4.79 Å². The number of hydrogen-bond donors (Lipinski definition) is 2. The van der Waals surface area contributed by atoms with Gasteiger partial charge in [0.25, 0.3) is 5.91 Å². The molecule has 0 aliphatic carbocycles. The number of hydrogen-bond acceptors (Lipinski definition) is 4. The Balaban J connectivity index is 2.30. The standard InChI is InChI=1S/C11H17N5O2/c1-6-7(8(12)15(4)14-6)5-16-9(17)11(2,3)13-10(16)18/h5,12H2,1-4H3,(H,13,18). The fraction of sp³-hybridized carbons (Fsp3) is 0.545. The number of imide groups is 1. The molecule has 0 unspecified atom stereocenters. The van der Waals surface area contributed by atoms with E-state index in [4.69, 9.17) is 5.73 Å². The van der Waals surface area contributed by atoms with Crippen molar-refractivity contribution >= 4 is 17.8 Å². The van der Waals surface area contributed by atoms with Gasteiger partial charge in [-0.15, -0.1) is 0 Å². The second-order valence-corrected chi connectivity index (χ2v) is 5.02. The highest BCUT2D eigenvalue weighted by atomic mass is 16.2. The number of nitrogens with one attached hydrogen (secondary N) is 1. The predicted octanol–water partition coefficient (Wildman–Crippen LogP) is 0.141. The summed E-state index contributed by atoms with van der Waals surface area (Å²) in [5.74, 6) is 0.216. The van der Waals surface area contributed by atoms with Crippen molar-refractivity contribution in [3.05, 3.63) is 11.3 Å². The van der Waals surface area contributed by atoms with Crippen molar-refractivity contribution in [1.29, 1.82) is 0 Å². The number of aromatic nitrogens is 2. The van der Waals surface area contributed by atoms with E-state index < -0.39 is 11.6 Å². The van der Waals surface area contributed by atoms with E-state index in [0.29, 0.717) is 11.4 Å². The maximum atomic E-state index is 12.0. The third kappa shape index (κ3) is 1.71. The van der Waals surface area contributed by atoms with Gasteiger partial charge in [0, 0.05) is 12.6 Å². The van der Waals surface area contributed by atoms with Gasteiger partial charge in [0.05, 0.1) is 12.2 Å². The number of carbonyl (C=O) groups is 2. The van der Waals surface area contributed by atoms with E-state index in [1.807, 2.05) is 0 Å². The molecule has 3 N–H and O–H groups in total. The van der Waals surface area contributed by atoms with Crippen molar-refractivity contribution in [2.24, 2.45) is 7.05 Å². The SMILES string of the molecule is Cc1nn(C)c(N)c1CN1C(=O)NC(C)(C)C1=O. The highest BCUT2D eigenvalue weighted by Crippen LogP contribution is 2.23. The van der Waals surface area contributed by atoms with E-state index >= 15 is 0 Å². The Morgan fingerprint density at radius 3 is 2.39 bits per heavy atom. The van der Waals surface area contributed by atoms with Crippen LogP contribution in [0.3, 0.4) is 0 Å². The number of nitrogen functional groups attached to an aromatic ring is 1. The van der Waals surface area contributed by atoms with Crippen LogP contribution in [0.2, 0.25) is 0 Å². The smallest absolute Gasteiger partial charge is 0.325 e. The molecular weight excluding hydrogens is 234 g/mol. The maximum absolute atomic E-state index is 12.0. The summed E-state index contributed by atoms with van der Waals surface area (Å²) in [5.41, 5.74) is 6.44. The molecule has 0 atom stereocenters. The number of urea groups is 1. The molecule has 1 aliphatic rings. The van der Waals surface area contributed by atoms with E-state index in [9.17, 15) is 9.59 Å². The molecule has 0 aromatic carbocycles. The minimum Gasteiger partial charge on any atom is -0.384 e. The topological polar surface area (TPSA) is 93.2 Å². The molecule has 1 aromatic rings. The molecule has 0 spiro atoms. The van der Waals surface area contributed by atoms with Gasteiger partial charge in [-0.05, 0) is 20.8 Å². The average molecular weight is 251 g/mol. The van der Waals surface area contributed by atoms with Crippen LogP contribution in [0.1, 0.15) is 25.1 Å². The summed E-state index contributed by atoms with van der Waals surface area (Å²) >= 11 is 0. The van der Waals surface area contributed by atoms with E-state index in [2.05, 4.69) is 10.4 Å². The maximum Gasteiger partial charge on any atom is 0.325 e. The van der Waals surface area contributed by atoms with Crippen molar-refractivity contribution in [3.8, 4) is 0 Å². The molecule has 2 heterocycles. The number of anilines is 1. The highest BCUT2D eigenvalue weighted by molar-refractivity contribution is 6.06. The molecule has 1 saturated heterocycles. The number of nitrogens with zero attached hydrogens (tertiary/aromatic N) is 3. The van der Waals surface area contributed by atoms with Crippen LogP contribution in [0.25, 0.3) is 0 Å². The van der Waals surface area contributed by atoms with Crippen molar-refractivity contribution < 1.29 is 9.59 Å². The van der Waals surface area contributed by atoms with Gasteiger partial charge in [0.1, 0.15) is 11.4 Å². The van der Waals surface area contributed by atoms with Crippen LogP contribution in [0.5, 0.6) is 0 Å². The lowest BCUT2D eigenvalue weighted by atomic mass is 10.1. The van der Waals surface area contributed by atoms with Crippen molar-refractivity contribution in [2.75, 3.05) is 5.73 Å². The van der Waals surface area contributed by atoms with Gasteiger partial charge in [-0.3, -0.25) is 14.4 Å². The lowest BCUT2D eigenvalue weighted by molar-refractivity contribution is -0.130. The summed E-state index contributed by atoms with van der Waals surface area (Å²) in [7, 11) is 1.72. The van der Waals surface area contributed by atoms with Gasteiger partial charge in [0.2, 0.25) is 0 Å². The summed E-state index contributed by atoms with van der Waals surface area (Å²) in [6, 6.07) is -0.396. The summed E-state index contributed by atoms with van der Waals surface area (Å²) in [4.78, 5) is 25.0. The van der Waals surface area contributed by atoms with Gasteiger partial charge < -0.3 is 11.1 Å². The molecule has 18 heavy (non-hydrogen) atoms. The number of amides is 3. The lowest BCUT2D eigenvalue weighted by Gasteiger charge is -2.16. The van der Waals surface area contributed by atoms with E-state index in [0.717, 1.165) is 5.69 Å². The number of carbonyl (C=O) groups excluding carboxylic acids is 2. The number of rotatable bonds is 2. The third-order valence-corrected chi connectivity index (χ3v) is 3.16. The molecule has 1 aliphatic heterocycles. The van der Waals surface area contributed by atoms with Crippen LogP contribution in [0, 0.1) is 6.92 Å². The molecule has 7 heteroatoms. The van der Waals surface area contributed by atoms with Crippen LogP contribution in [0.4, 0.5) is 10.6 Å². The summed E-state index contributed by atoms with van der Waals surface area (Å²) in [6.07, 6.45) is 0. The van der Waals surface area contributed by atoms with Crippen molar-refractivity contribution in [1.82, 2.24) is 20.0 Å². The Morgan fingerprint density at radius 1 is 1.39 bits per heavy atom. The fourth-order valence-electron chi connectivity index (χ4n) is 2.03. The van der Waals surface area contributed by atoms with Gasteiger partial charge in [-0.1, -0.05) is 0 Å². The summed E-state index contributed by atoms with van der Waals surface area (Å²) in [6.45, 7) is 5.30. The molecule has 1 fully saturated rings. The molecule has 0 radical (unpaired) electrons. The molecule has 98 valence electrons. The zero-order chi connectivity index (χ0) is 13.7. The Kier molecular flexibility index (Phi) is 2.57. The van der Waals surface area contributed by atoms with Gasteiger partial charge >= 0.3 is 6.03 Å². The van der Waals surface area contributed by atoms with Gasteiger partial charge in [0.15, 0.2) is 0 Å².